The highest BCUT2D eigenvalue weighted by atomic mass is 14.3. The minimum Gasteiger partial charge on any atom is -0.0622 e. The summed E-state index contributed by atoms with van der Waals surface area (Å²) in [7, 11) is 0. The summed E-state index contributed by atoms with van der Waals surface area (Å²) >= 11 is 0. The average Bonchev–Trinajstić information content (AvgIpc) is 3.01. The highest BCUT2D eigenvalue weighted by molar-refractivity contribution is 6.20. The van der Waals surface area contributed by atoms with Gasteiger partial charge in [-0.15, -0.1) is 0 Å². The first-order valence-corrected chi connectivity index (χ1v) is 13.7. The zero-order valence-corrected chi connectivity index (χ0v) is 22.1. The lowest BCUT2D eigenvalue weighted by atomic mass is 9.76. The first-order chi connectivity index (χ1) is 18.8. The maximum Gasteiger partial charge on any atom is -0.00140 e. The van der Waals surface area contributed by atoms with E-state index in [0.29, 0.717) is 0 Å². The first-order valence-electron chi connectivity index (χ1n) is 13.7. The van der Waals surface area contributed by atoms with E-state index in [1.165, 1.54) is 66.4 Å². The summed E-state index contributed by atoms with van der Waals surface area (Å²) in [6, 6.07) is 48.6. The average molecular weight is 489 g/mol. The third-order valence-electron chi connectivity index (χ3n) is 7.64. The zero-order valence-electron chi connectivity index (χ0n) is 22.1. The van der Waals surface area contributed by atoms with Crippen LogP contribution in [0, 0.1) is 0 Å². The van der Waals surface area contributed by atoms with Crippen LogP contribution in [0.3, 0.4) is 0 Å². The second kappa shape index (κ2) is 10.5. The van der Waals surface area contributed by atoms with Crippen molar-refractivity contribution in [3.63, 3.8) is 0 Å². The molecule has 0 bridgehead atoms. The van der Waals surface area contributed by atoms with Gasteiger partial charge in [0.25, 0.3) is 0 Å². The molecule has 0 fully saturated rings. The third-order valence-corrected chi connectivity index (χ3v) is 7.64. The molecule has 0 saturated carbocycles. The van der Waals surface area contributed by atoms with Crippen LogP contribution in [0.2, 0.25) is 0 Å². The van der Waals surface area contributed by atoms with E-state index in [1.807, 2.05) is 0 Å². The van der Waals surface area contributed by atoms with Crippen molar-refractivity contribution in [1.82, 2.24) is 0 Å². The molecule has 0 aliphatic rings. The van der Waals surface area contributed by atoms with Crippen molar-refractivity contribution in [3.8, 4) is 44.5 Å². The van der Waals surface area contributed by atoms with Crippen molar-refractivity contribution >= 4 is 10.8 Å². The summed E-state index contributed by atoms with van der Waals surface area (Å²) in [5, 5.41) is 2.77. The minimum absolute atomic E-state index is 0.980. The van der Waals surface area contributed by atoms with Crippen molar-refractivity contribution < 1.29 is 0 Å². The molecule has 0 aliphatic heterocycles. The Hall–Kier alpha value is -4.42. The number of aryl methyl sites for hydroxylation is 2. The SMILES string of the molecule is CCc1ccc(CC)c2c(-c3ccccc3)c(-c3ccccc3)c(-c3ccccc3)c(-c3ccccc3)c12. The van der Waals surface area contributed by atoms with Gasteiger partial charge in [0.15, 0.2) is 0 Å². The number of hydrogen-bond donors (Lipinski definition) is 0. The van der Waals surface area contributed by atoms with E-state index in [0.717, 1.165) is 12.8 Å². The Bertz CT molecular complexity index is 1550. The second-order valence-electron chi connectivity index (χ2n) is 9.81. The molecular weight excluding hydrogens is 456 g/mol. The highest BCUT2D eigenvalue weighted by Gasteiger charge is 2.26. The van der Waals surface area contributed by atoms with E-state index in [4.69, 9.17) is 0 Å². The molecule has 0 heterocycles. The van der Waals surface area contributed by atoms with E-state index in [-0.39, 0.29) is 0 Å². The summed E-state index contributed by atoms with van der Waals surface area (Å²) < 4.78 is 0. The maximum atomic E-state index is 2.36. The monoisotopic (exact) mass is 488 g/mol. The summed E-state index contributed by atoms with van der Waals surface area (Å²) in [5.74, 6) is 0. The van der Waals surface area contributed by atoms with E-state index < -0.39 is 0 Å². The minimum atomic E-state index is 0.980. The van der Waals surface area contributed by atoms with Gasteiger partial charge in [-0.1, -0.05) is 147 Å². The third kappa shape index (κ3) is 4.13. The van der Waals surface area contributed by atoms with Gasteiger partial charge >= 0.3 is 0 Å². The molecule has 0 nitrogen and oxygen atoms in total. The van der Waals surface area contributed by atoms with Crippen LogP contribution in [0.4, 0.5) is 0 Å². The molecular formula is C38H32. The quantitative estimate of drug-likeness (QED) is 0.219. The molecule has 0 spiro atoms. The molecule has 0 unspecified atom stereocenters. The first kappa shape index (κ1) is 23.9. The van der Waals surface area contributed by atoms with Crippen molar-refractivity contribution in [2.45, 2.75) is 26.7 Å². The Balaban J connectivity index is 1.97. The maximum absolute atomic E-state index is 2.36. The van der Waals surface area contributed by atoms with Gasteiger partial charge in [0.2, 0.25) is 0 Å². The molecule has 0 aliphatic carbocycles. The van der Waals surface area contributed by atoms with Gasteiger partial charge in [0, 0.05) is 0 Å². The molecule has 38 heavy (non-hydrogen) atoms. The number of hydrogen-bond acceptors (Lipinski definition) is 0. The molecule has 0 atom stereocenters. The molecule has 0 aromatic heterocycles. The predicted molar refractivity (Wildman–Crippen MR) is 164 cm³/mol. The topological polar surface area (TPSA) is 0 Å². The standard InChI is InChI=1S/C38H32/c1-3-27-25-26-28(4-2)34-33(27)35(29-17-9-5-10-18-29)37(31-21-13-7-14-22-31)38(32-23-15-8-16-24-32)36(34)30-19-11-6-12-20-30/h5-26H,3-4H2,1-2H3. The summed E-state index contributed by atoms with van der Waals surface area (Å²) in [5.41, 5.74) is 13.1. The van der Waals surface area contributed by atoms with Gasteiger partial charge in [0.1, 0.15) is 0 Å². The fourth-order valence-electron chi connectivity index (χ4n) is 5.92. The molecule has 0 N–H and O–H groups in total. The molecule has 6 rings (SSSR count). The fourth-order valence-corrected chi connectivity index (χ4v) is 5.92. The van der Waals surface area contributed by atoms with Crippen molar-refractivity contribution in [3.05, 3.63) is 145 Å². The number of benzene rings is 6. The number of fused-ring (bicyclic) bond motifs is 1. The van der Waals surface area contributed by atoms with Crippen LogP contribution >= 0.6 is 0 Å². The lowest BCUT2D eigenvalue weighted by Crippen LogP contribution is -2.01. The van der Waals surface area contributed by atoms with Crippen LogP contribution in [-0.4, -0.2) is 0 Å². The lowest BCUT2D eigenvalue weighted by Gasteiger charge is -2.27. The van der Waals surface area contributed by atoms with Crippen LogP contribution in [0.5, 0.6) is 0 Å². The zero-order chi connectivity index (χ0) is 25.9. The number of rotatable bonds is 6. The van der Waals surface area contributed by atoms with Gasteiger partial charge in [-0.3, -0.25) is 0 Å². The van der Waals surface area contributed by atoms with Gasteiger partial charge in [0.05, 0.1) is 0 Å². The Morgan fingerprint density at radius 1 is 0.316 bits per heavy atom. The molecule has 6 aromatic carbocycles. The predicted octanol–water partition coefficient (Wildman–Crippen LogP) is 10.6. The molecule has 0 heteroatoms. The molecule has 0 amide bonds. The molecule has 0 saturated heterocycles. The van der Waals surface area contributed by atoms with Crippen LogP contribution in [0.25, 0.3) is 55.3 Å². The molecule has 6 aromatic rings. The van der Waals surface area contributed by atoms with Crippen molar-refractivity contribution in [2.24, 2.45) is 0 Å². The second-order valence-corrected chi connectivity index (χ2v) is 9.81. The Morgan fingerprint density at radius 2 is 0.579 bits per heavy atom. The van der Waals surface area contributed by atoms with E-state index >= 15 is 0 Å². The summed E-state index contributed by atoms with van der Waals surface area (Å²) in [6.07, 6.45) is 1.96. The Kier molecular flexibility index (Phi) is 6.63. The summed E-state index contributed by atoms with van der Waals surface area (Å²) in [4.78, 5) is 0. The van der Waals surface area contributed by atoms with Crippen molar-refractivity contribution in [1.29, 1.82) is 0 Å². The van der Waals surface area contributed by atoms with Gasteiger partial charge in [-0.2, -0.15) is 0 Å². The summed E-state index contributed by atoms with van der Waals surface area (Å²) in [6.45, 7) is 4.56. The smallest absolute Gasteiger partial charge is 0.00140 e. The molecule has 184 valence electrons. The molecule has 0 radical (unpaired) electrons. The van der Waals surface area contributed by atoms with E-state index in [9.17, 15) is 0 Å². The van der Waals surface area contributed by atoms with E-state index in [1.54, 1.807) is 0 Å². The fraction of sp³-hybridized carbons (Fsp3) is 0.105. The van der Waals surface area contributed by atoms with Gasteiger partial charge < -0.3 is 0 Å². The van der Waals surface area contributed by atoms with Crippen LogP contribution in [0.15, 0.2) is 133 Å². The lowest BCUT2D eigenvalue weighted by molar-refractivity contribution is 1.13. The largest absolute Gasteiger partial charge is 0.0622 e. The van der Waals surface area contributed by atoms with Crippen LogP contribution in [-0.2, 0) is 12.8 Å². The van der Waals surface area contributed by atoms with E-state index in [2.05, 4.69) is 147 Å². The van der Waals surface area contributed by atoms with Gasteiger partial charge in [-0.25, -0.2) is 0 Å². The Morgan fingerprint density at radius 3 is 0.842 bits per heavy atom. The normalized spacial score (nSPS) is 11.1. The Labute approximate surface area is 226 Å². The van der Waals surface area contributed by atoms with Crippen molar-refractivity contribution in [2.75, 3.05) is 0 Å². The van der Waals surface area contributed by atoms with Gasteiger partial charge in [-0.05, 0) is 79.2 Å². The van der Waals surface area contributed by atoms with Crippen LogP contribution in [0.1, 0.15) is 25.0 Å². The van der Waals surface area contributed by atoms with Crippen LogP contribution < -0.4 is 0 Å². The highest BCUT2D eigenvalue weighted by Crippen LogP contribution is 2.52.